The molecule has 0 saturated carbocycles. The maximum Gasteiger partial charge on any atom is 0.329 e. The Hall–Kier alpha value is -2.95. The number of carbonyl (C=O) groups is 3. The summed E-state index contributed by atoms with van der Waals surface area (Å²) in [6.45, 7) is 1.60. The van der Waals surface area contributed by atoms with Crippen molar-refractivity contribution in [3.05, 3.63) is 71.3 Å². The second kappa shape index (κ2) is 6.04. The van der Waals surface area contributed by atoms with Gasteiger partial charge in [0, 0.05) is 0 Å². The Morgan fingerprint density at radius 2 is 1.48 bits per heavy atom. The average Bonchev–Trinajstić information content (AvgIpc) is 2.84. The maximum absolute atomic E-state index is 12.3. The number of ether oxygens (including phenoxy) is 1. The van der Waals surface area contributed by atoms with Crippen molar-refractivity contribution in [3.8, 4) is 0 Å². The fourth-order valence-corrected chi connectivity index (χ4v) is 2.51. The molecule has 5 heteroatoms. The molecule has 0 saturated heterocycles. The number of rotatable bonds is 4. The molecule has 0 spiro atoms. The monoisotopic (exact) mass is 309 g/mol. The number of nitrogens with zero attached hydrogens (tertiary/aromatic N) is 1. The SMILES string of the molecule is C[C@H](C(=O)OCc1ccccc1)N1C(=O)c2ccccc2C1=O. The third-order valence-corrected chi connectivity index (χ3v) is 3.78. The number of amides is 2. The number of hydrogen-bond donors (Lipinski definition) is 0. The van der Waals surface area contributed by atoms with Crippen LogP contribution in [-0.2, 0) is 16.1 Å². The van der Waals surface area contributed by atoms with Gasteiger partial charge in [0.1, 0.15) is 12.6 Å². The zero-order valence-corrected chi connectivity index (χ0v) is 12.6. The highest BCUT2D eigenvalue weighted by Gasteiger charge is 2.41. The Balaban J connectivity index is 1.71. The molecule has 2 aromatic rings. The van der Waals surface area contributed by atoms with Crippen molar-refractivity contribution in [2.75, 3.05) is 0 Å². The molecular formula is C18H15NO4. The van der Waals surface area contributed by atoms with E-state index in [0.717, 1.165) is 10.5 Å². The van der Waals surface area contributed by atoms with Gasteiger partial charge < -0.3 is 4.74 Å². The number of carbonyl (C=O) groups excluding carboxylic acids is 3. The van der Waals surface area contributed by atoms with Gasteiger partial charge in [-0.3, -0.25) is 14.5 Å². The van der Waals surface area contributed by atoms with E-state index in [2.05, 4.69) is 0 Å². The molecule has 0 aliphatic carbocycles. The lowest BCUT2D eigenvalue weighted by atomic mass is 10.1. The minimum absolute atomic E-state index is 0.104. The van der Waals surface area contributed by atoms with E-state index in [0.29, 0.717) is 11.1 Å². The van der Waals surface area contributed by atoms with Crippen LogP contribution in [0.3, 0.4) is 0 Å². The maximum atomic E-state index is 12.3. The van der Waals surface area contributed by atoms with Crippen LogP contribution in [0.4, 0.5) is 0 Å². The first-order valence-electron chi connectivity index (χ1n) is 7.27. The van der Waals surface area contributed by atoms with Crippen molar-refractivity contribution in [1.82, 2.24) is 4.90 Å². The Bertz CT molecular complexity index is 735. The molecule has 0 unspecified atom stereocenters. The molecule has 116 valence electrons. The summed E-state index contributed by atoms with van der Waals surface area (Å²) in [6.07, 6.45) is 0. The molecule has 1 aliphatic rings. The first-order chi connectivity index (χ1) is 11.1. The van der Waals surface area contributed by atoms with Crippen LogP contribution in [0.25, 0.3) is 0 Å². The van der Waals surface area contributed by atoms with Crippen molar-refractivity contribution in [3.63, 3.8) is 0 Å². The lowest BCUT2D eigenvalue weighted by molar-refractivity contribution is -0.149. The highest BCUT2D eigenvalue weighted by Crippen LogP contribution is 2.24. The van der Waals surface area contributed by atoms with Gasteiger partial charge in [-0.05, 0) is 24.6 Å². The minimum Gasteiger partial charge on any atom is -0.459 e. The van der Waals surface area contributed by atoms with Crippen molar-refractivity contribution in [1.29, 1.82) is 0 Å². The fourth-order valence-electron chi connectivity index (χ4n) is 2.51. The van der Waals surface area contributed by atoms with Gasteiger partial charge in [0.15, 0.2) is 0 Å². The van der Waals surface area contributed by atoms with Gasteiger partial charge in [0.05, 0.1) is 11.1 Å². The summed E-state index contributed by atoms with van der Waals surface area (Å²) in [5.41, 5.74) is 1.48. The van der Waals surface area contributed by atoms with E-state index in [1.165, 1.54) is 6.92 Å². The van der Waals surface area contributed by atoms with Gasteiger partial charge in [-0.1, -0.05) is 42.5 Å². The van der Waals surface area contributed by atoms with E-state index < -0.39 is 23.8 Å². The minimum atomic E-state index is -0.967. The summed E-state index contributed by atoms with van der Waals surface area (Å²) in [5, 5.41) is 0. The number of imide groups is 1. The largest absolute Gasteiger partial charge is 0.459 e. The molecule has 0 aromatic heterocycles. The predicted octanol–water partition coefficient (Wildman–Crippen LogP) is 2.41. The van der Waals surface area contributed by atoms with Crippen LogP contribution in [0.5, 0.6) is 0 Å². The van der Waals surface area contributed by atoms with Gasteiger partial charge >= 0.3 is 5.97 Å². The van der Waals surface area contributed by atoms with Crippen molar-refractivity contribution in [2.24, 2.45) is 0 Å². The molecule has 23 heavy (non-hydrogen) atoms. The van der Waals surface area contributed by atoms with Gasteiger partial charge in [-0.25, -0.2) is 4.79 Å². The average molecular weight is 309 g/mol. The summed E-state index contributed by atoms with van der Waals surface area (Å²) >= 11 is 0. The number of fused-ring (bicyclic) bond motifs is 1. The number of esters is 1. The standard InChI is InChI=1S/C18H15NO4/c1-12(18(22)23-11-13-7-3-2-4-8-13)19-16(20)14-9-5-6-10-15(14)17(19)21/h2-10,12H,11H2,1H3/t12-/m1/s1. The molecule has 0 N–H and O–H groups in total. The van der Waals surface area contributed by atoms with Gasteiger partial charge in [-0.15, -0.1) is 0 Å². The molecule has 1 heterocycles. The summed E-state index contributed by atoms with van der Waals surface area (Å²) in [4.78, 5) is 37.8. The number of hydrogen-bond acceptors (Lipinski definition) is 4. The molecule has 2 aromatic carbocycles. The van der Waals surface area contributed by atoms with Crippen LogP contribution >= 0.6 is 0 Å². The first kappa shape index (κ1) is 15.0. The molecular weight excluding hydrogens is 294 g/mol. The van der Waals surface area contributed by atoms with Crippen LogP contribution < -0.4 is 0 Å². The van der Waals surface area contributed by atoms with Gasteiger partial charge in [0.2, 0.25) is 0 Å². The zero-order chi connectivity index (χ0) is 16.4. The fraction of sp³-hybridized carbons (Fsp3) is 0.167. The van der Waals surface area contributed by atoms with E-state index in [1.807, 2.05) is 30.3 Å². The summed E-state index contributed by atoms with van der Waals surface area (Å²) < 4.78 is 5.21. The van der Waals surface area contributed by atoms with Crippen LogP contribution in [0.15, 0.2) is 54.6 Å². The summed E-state index contributed by atoms with van der Waals surface area (Å²) in [6, 6.07) is 14.8. The second-order valence-electron chi connectivity index (χ2n) is 5.30. The van der Waals surface area contributed by atoms with E-state index in [1.54, 1.807) is 24.3 Å². The van der Waals surface area contributed by atoms with E-state index >= 15 is 0 Å². The molecule has 1 atom stereocenters. The third kappa shape index (κ3) is 2.73. The van der Waals surface area contributed by atoms with Gasteiger partial charge in [0.25, 0.3) is 11.8 Å². The highest BCUT2D eigenvalue weighted by molar-refractivity contribution is 6.22. The predicted molar refractivity (Wildman–Crippen MR) is 82.6 cm³/mol. The van der Waals surface area contributed by atoms with Crippen molar-refractivity contribution in [2.45, 2.75) is 19.6 Å². The lowest BCUT2D eigenvalue weighted by Crippen LogP contribution is -2.43. The number of benzene rings is 2. The molecule has 2 amide bonds. The van der Waals surface area contributed by atoms with Crippen LogP contribution in [0.1, 0.15) is 33.2 Å². The Morgan fingerprint density at radius 1 is 0.957 bits per heavy atom. The van der Waals surface area contributed by atoms with Crippen LogP contribution in [-0.4, -0.2) is 28.7 Å². The normalized spacial score (nSPS) is 14.6. The lowest BCUT2D eigenvalue weighted by Gasteiger charge is -2.20. The Morgan fingerprint density at radius 3 is 2.04 bits per heavy atom. The van der Waals surface area contributed by atoms with E-state index in [9.17, 15) is 14.4 Å². The molecule has 5 nitrogen and oxygen atoms in total. The Kier molecular flexibility index (Phi) is 3.93. The molecule has 3 rings (SSSR count). The van der Waals surface area contributed by atoms with E-state index in [4.69, 9.17) is 4.74 Å². The second-order valence-corrected chi connectivity index (χ2v) is 5.30. The summed E-state index contributed by atoms with van der Waals surface area (Å²) in [5.74, 6) is -1.53. The quantitative estimate of drug-likeness (QED) is 0.643. The smallest absolute Gasteiger partial charge is 0.329 e. The van der Waals surface area contributed by atoms with E-state index in [-0.39, 0.29) is 6.61 Å². The molecule has 0 radical (unpaired) electrons. The topological polar surface area (TPSA) is 63.7 Å². The molecule has 1 aliphatic heterocycles. The van der Waals surface area contributed by atoms with Crippen molar-refractivity contribution >= 4 is 17.8 Å². The van der Waals surface area contributed by atoms with Crippen LogP contribution in [0.2, 0.25) is 0 Å². The third-order valence-electron chi connectivity index (χ3n) is 3.78. The van der Waals surface area contributed by atoms with Gasteiger partial charge in [-0.2, -0.15) is 0 Å². The zero-order valence-electron chi connectivity index (χ0n) is 12.6. The van der Waals surface area contributed by atoms with Crippen LogP contribution in [0, 0.1) is 0 Å². The Labute approximate surface area is 133 Å². The summed E-state index contributed by atoms with van der Waals surface area (Å²) in [7, 11) is 0. The van der Waals surface area contributed by atoms with Crippen molar-refractivity contribution < 1.29 is 19.1 Å². The molecule has 0 fully saturated rings. The molecule has 0 bridgehead atoms. The highest BCUT2D eigenvalue weighted by atomic mass is 16.5. The first-order valence-corrected chi connectivity index (χ1v) is 7.27.